The highest BCUT2D eigenvalue weighted by molar-refractivity contribution is 5.56. The Kier molecular flexibility index (Phi) is 4.39. The summed E-state index contributed by atoms with van der Waals surface area (Å²) in [4.78, 5) is 0. The first-order valence-electron chi connectivity index (χ1n) is 7.23. The fraction of sp³-hybridized carbons (Fsp3) is 0.250. The van der Waals surface area contributed by atoms with E-state index in [1.54, 1.807) is 6.07 Å². The molecule has 0 radical (unpaired) electrons. The molecule has 0 amide bonds. The Hall–Kier alpha value is -2.61. The van der Waals surface area contributed by atoms with Crippen molar-refractivity contribution >= 4 is 0 Å². The fourth-order valence-electron chi connectivity index (χ4n) is 2.38. The molecule has 0 aliphatic rings. The van der Waals surface area contributed by atoms with E-state index < -0.39 is 11.9 Å². The molecule has 3 rings (SSSR count). The van der Waals surface area contributed by atoms with Crippen LogP contribution in [0.15, 0.2) is 47.1 Å². The van der Waals surface area contributed by atoms with E-state index in [0.717, 1.165) is 10.2 Å². The second kappa shape index (κ2) is 6.48. The van der Waals surface area contributed by atoms with Crippen molar-refractivity contribution < 1.29 is 22.8 Å². The zero-order chi connectivity index (χ0) is 17.2. The van der Waals surface area contributed by atoms with E-state index in [9.17, 15) is 13.2 Å². The van der Waals surface area contributed by atoms with Crippen LogP contribution in [0.3, 0.4) is 0 Å². The van der Waals surface area contributed by atoms with E-state index in [1.807, 2.05) is 30.3 Å². The molecule has 24 heavy (non-hydrogen) atoms. The van der Waals surface area contributed by atoms with Gasteiger partial charge in [0.05, 0.1) is 6.54 Å². The third-order valence-electron chi connectivity index (χ3n) is 3.43. The summed E-state index contributed by atoms with van der Waals surface area (Å²) in [7, 11) is 0. The minimum Gasteiger partial charge on any atom is -0.396 e. The van der Waals surface area contributed by atoms with Crippen LogP contribution in [0.25, 0.3) is 11.3 Å². The van der Waals surface area contributed by atoms with Crippen molar-refractivity contribution in [1.29, 1.82) is 0 Å². The van der Waals surface area contributed by atoms with Crippen molar-refractivity contribution in [3.63, 3.8) is 0 Å². The number of rotatable bonds is 5. The van der Waals surface area contributed by atoms with Crippen LogP contribution in [0.4, 0.5) is 13.2 Å². The highest BCUT2D eigenvalue weighted by Crippen LogP contribution is 2.31. The summed E-state index contributed by atoms with van der Waals surface area (Å²) in [5.41, 5.74) is 0.259. The Morgan fingerprint density at radius 1 is 1.17 bits per heavy atom. The van der Waals surface area contributed by atoms with Crippen molar-refractivity contribution in [1.82, 2.24) is 14.9 Å². The van der Waals surface area contributed by atoms with Crippen molar-refractivity contribution in [3.8, 4) is 11.3 Å². The Balaban J connectivity index is 1.83. The van der Waals surface area contributed by atoms with Crippen LogP contribution in [0, 0.1) is 0 Å². The minimum absolute atomic E-state index is 0.0447. The molecular weight excluding hydrogens is 323 g/mol. The van der Waals surface area contributed by atoms with Crippen LogP contribution >= 0.6 is 0 Å². The SMILES string of the molecule is OCCc1cn(Cc2cc(-c3ccccc3)on2)nc1C(F)(F)F. The summed E-state index contributed by atoms with van der Waals surface area (Å²) < 4.78 is 45.2. The number of hydrogen-bond acceptors (Lipinski definition) is 4. The van der Waals surface area contributed by atoms with E-state index in [-0.39, 0.29) is 25.1 Å². The molecule has 3 aromatic rings. The molecule has 0 aliphatic carbocycles. The maximum atomic E-state index is 13.0. The molecule has 2 heterocycles. The number of aliphatic hydroxyl groups is 1. The first-order chi connectivity index (χ1) is 11.5. The van der Waals surface area contributed by atoms with Gasteiger partial charge < -0.3 is 9.63 Å². The molecule has 8 heteroatoms. The molecule has 0 fully saturated rings. The van der Waals surface area contributed by atoms with E-state index in [2.05, 4.69) is 10.3 Å². The Labute approximate surface area is 135 Å². The molecule has 5 nitrogen and oxygen atoms in total. The van der Waals surface area contributed by atoms with Gasteiger partial charge in [0.25, 0.3) is 0 Å². The lowest BCUT2D eigenvalue weighted by atomic mass is 10.1. The third kappa shape index (κ3) is 3.48. The van der Waals surface area contributed by atoms with Gasteiger partial charge >= 0.3 is 6.18 Å². The first-order valence-corrected chi connectivity index (χ1v) is 7.23. The number of nitrogens with zero attached hydrogens (tertiary/aromatic N) is 3. The van der Waals surface area contributed by atoms with Crippen molar-refractivity contribution in [2.75, 3.05) is 6.61 Å². The van der Waals surface area contributed by atoms with Gasteiger partial charge in [0.15, 0.2) is 11.5 Å². The average molecular weight is 337 g/mol. The van der Waals surface area contributed by atoms with Crippen molar-refractivity contribution in [2.24, 2.45) is 0 Å². The fourth-order valence-corrected chi connectivity index (χ4v) is 2.38. The lowest BCUT2D eigenvalue weighted by Crippen LogP contribution is -2.11. The Morgan fingerprint density at radius 2 is 1.92 bits per heavy atom. The second-order valence-corrected chi connectivity index (χ2v) is 5.22. The zero-order valence-corrected chi connectivity index (χ0v) is 12.5. The smallest absolute Gasteiger partial charge is 0.396 e. The van der Waals surface area contributed by atoms with Gasteiger partial charge in [-0.1, -0.05) is 35.5 Å². The normalized spacial score (nSPS) is 11.8. The van der Waals surface area contributed by atoms with Gasteiger partial charge in [-0.05, 0) is 6.42 Å². The second-order valence-electron chi connectivity index (χ2n) is 5.22. The standard InChI is InChI=1S/C16H14F3N3O2/c17-16(18,19)15-12(6-7-23)9-22(20-15)10-13-8-14(24-21-13)11-4-2-1-3-5-11/h1-5,8-9,23H,6-7,10H2. The predicted octanol–water partition coefficient (Wildman–Crippen LogP) is 3.14. The lowest BCUT2D eigenvalue weighted by molar-refractivity contribution is -0.142. The summed E-state index contributed by atoms with van der Waals surface area (Å²) in [6.45, 7) is -0.332. The van der Waals surface area contributed by atoms with Crippen molar-refractivity contribution in [2.45, 2.75) is 19.1 Å². The maximum absolute atomic E-state index is 13.0. The monoisotopic (exact) mass is 337 g/mol. The summed E-state index contributed by atoms with van der Waals surface area (Å²) in [5.74, 6) is 0.532. The molecule has 1 aromatic carbocycles. The number of halogens is 3. The van der Waals surface area contributed by atoms with E-state index in [4.69, 9.17) is 9.63 Å². The summed E-state index contributed by atoms with van der Waals surface area (Å²) >= 11 is 0. The molecule has 0 spiro atoms. The Morgan fingerprint density at radius 3 is 2.58 bits per heavy atom. The number of aromatic nitrogens is 3. The van der Waals surface area contributed by atoms with E-state index in [1.165, 1.54) is 6.20 Å². The highest BCUT2D eigenvalue weighted by Gasteiger charge is 2.36. The quantitative estimate of drug-likeness (QED) is 0.777. The molecule has 0 aliphatic heterocycles. The topological polar surface area (TPSA) is 64.1 Å². The lowest BCUT2D eigenvalue weighted by Gasteiger charge is -2.04. The van der Waals surface area contributed by atoms with Crippen LogP contribution in [0.2, 0.25) is 0 Å². The van der Waals surface area contributed by atoms with E-state index >= 15 is 0 Å². The first kappa shape index (κ1) is 16.3. The van der Waals surface area contributed by atoms with Gasteiger partial charge in [0.1, 0.15) is 5.69 Å². The molecule has 0 atom stereocenters. The van der Waals surface area contributed by atoms with Crippen LogP contribution in [-0.4, -0.2) is 26.7 Å². The number of hydrogen-bond donors (Lipinski definition) is 1. The molecular formula is C16H14F3N3O2. The molecule has 0 unspecified atom stereocenters. The largest absolute Gasteiger partial charge is 0.435 e. The van der Waals surface area contributed by atoms with Gasteiger partial charge in [-0.25, -0.2) is 0 Å². The molecule has 1 N–H and O–H groups in total. The van der Waals surface area contributed by atoms with Gasteiger partial charge in [-0.3, -0.25) is 4.68 Å². The number of benzene rings is 1. The Bertz CT molecular complexity index is 810. The summed E-state index contributed by atoms with van der Waals surface area (Å²) in [5, 5.41) is 16.4. The highest BCUT2D eigenvalue weighted by atomic mass is 19.4. The molecule has 0 saturated heterocycles. The third-order valence-corrected chi connectivity index (χ3v) is 3.43. The molecule has 0 bridgehead atoms. The van der Waals surface area contributed by atoms with Gasteiger partial charge in [0.2, 0.25) is 0 Å². The predicted molar refractivity (Wildman–Crippen MR) is 79.1 cm³/mol. The minimum atomic E-state index is -4.56. The summed E-state index contributed by atoms with van der Waals surface area (Å²) in [6, 6.07) is 10.9. The van der Waals surface area contributed by atoms with Crippen LogP contribution < -0.4 is 0 Å². The van der Waals surface area contributed by atoms with Crippen LogP contribution in [0.5, 0.6) is 0 Å². The zero-order valence-electron chi connectivity index (χ0n) is 12.5. The number of alkyl halides is 3. The molecule has 126 valence electrons. The van der Waals surface area contributed by atoms with Crippen molar-refractivity contribution in [3.05, 3.63) is 59.5 Å². The molecule has 2 aromatic heterocycles. The van der Waals surface area contributed by atoms with E-state index in [0.29, 0.717) is 11.5 Å². The molecule has 0 saturated carbocycles. The number of aliphatic hydroxyl groups excluding tert-OH is 1. The van der Waals surface area contributed by atoms with Gasteiger partial charge in [-0.15, -0.1) is 0 Å². The maximum Gasteiger partial charge on any atom is 0.435 e. The van der Waals surface area contributed by atoms with Gasteiger partial charge in [-0.2, -0.15) is 18.3 Å². The summed E-state index contributed by atoms with van der Waals surface area (Å²) in [6.07, 6.45) is -3.40. The van der Waals surface area contributed by atoms with Gasteiger partial charge in [0, 0.05) is 30.0 Å². The average Bonchev–Trinajstić information content (AvgIpc) is 3.16. The van der Waals surface area contributed by atoms with Crippen LogP contribution in [0.1, 0.15) is 17.0 Å². The van der Waals surface area contributed by atoms with Crippen LogP contribution in [-0.2, 0) is 19.1 Å².